The van der Waals surface area contributed by atoms with Crippen LogP contribution in [0.5, 0.6) is 0 Å². The topological polar surface area (TPSA) is 32.7 Å². The summed E-state index contributed by atoms with van der Waals surface area (Å²) in [6.45, 7) is 5.80. The molecule has 3 heteroatoms. The van der Waals surface area contributed by atoms with E-state index >= 15 is 0 Å². The highest BCUT2D eigenvalue weighted by Gasteiger charge is 2.36. The van der Waals surface area contributed by atoms with Crippen molar-refractivity contribution in [2.45, 2.75) is 26.2 Å². The third-order valence-electron chi connectivity index (χ3n) is 3.95. The van der Waals surface area contributed by atoms with Crippen LogP contribution in [0.3, 0.4) is 0 Å². The molecule has 1 aliphatic heterocycles. The van der Waals surface area contributed by atoms with Crippen molar-refractivity contribution in [3.05, 3.63) is 30.3 Å². The maximum absolute atomic E-state index is 9.73. The average molecular weight is 263 g/mol. The van der Waals surface area contributed by atoms with Gasteiger partial charge < -0.3 is 14.7 Å². The first kappa shape index (κ1) is 14.4. The number of aliphatic hydroxyl groups excluding tert-OH is 1. The standard InChI is InChI=1S/C16H25NO2/c1-2-3-10-17(15-7-5-4-6-8-15)12-16(13-18)9-11-19-14-16/h4-8,18H,2-3,9-14H2,1H3. The Morgan fingerprint density at radius 1 is 1.32 bits per heavy atom. The summed E-state index contributed by atoms with van der Waals surface area (Å²) in [6, 6.07) is 10.5. The molecule has 106 valence electrons. The van der Waals surface area contributed by atoms with Crippen molar-refractivity contribution in [1.82, 2.24) is 0 Å². The first-order valence-electron chi connectivity index (χ1n) is 7.28. The van der Waals surface area contributed by atoms with Gasteiger partial charge in [0.1, 0.15) is 0 Å². The molecule has 1 fully saturated rings. The molecule has 0 aliphatic carbocycles. The van der Waals surface area contributed by atoms with E-state index in [2.05, 4.69) is 36.1 Å². The lowest BCUT2D eigenvalue weighted by Gasteiger charge is -2.34. The summed E-state index contributed by atoms with van der Waals surface area (Å²) >= 11 is 0. The van der Waals surface area contributed by atoms with Gasteiger partial charge in [-0.05, 0) is 25.0 Å². The zero-order chi connectivity index (χ0) is 13.6. The van der Waals surface area contributed by atoms with Crippen LogP contribution in [0.15, 0.2) is 30.3 Å². The summed E-state index contributed by atoms with van der Waals surface area (Å²) in [7, 11) is 0. The highest BCUT2D eigenvalue weighted by atomic mass is 16.5. The Hall–Kier alpha value is -1.06. The number of hydrogen-bond acceptors (Lipinski definition) is 3. The van der Waals surface area contributed by atoms with Gasteiger partial charge in [-0.3, -0.25) is 0 Å². The zero-order valence-corrected chi connectivity index (χ0v) is 11.8. The van der Waals surface area contributed by atoms with Crippen molar-refractivity contribution >= 4 is 5.69 Å². The molecule has 1 aromatic carbocycles. The van der Waals surface area contributed by atoms with Gasteiger partial charge in [0, 0.05) is 30.8 Å². The molecule has 0 spiro atoms. The Kier molecular flexibility index (Phi) is 5.23. The van der Waals surface area contributed by atoms with E-state index in [4.69, 9.17) is 4.74 Å². The second-order valence-corrected chi connectivity index (χ2v) is 5.57. The minimum absolute atomic E-state index is 0.0798. The Balaban J connectivity index is 2.09. The van der Waals surface area contributed by atoms with Crippen LogP contribution >= 0.6 is 0 Å². The van der Waals surface area contributed by atoms with E-state index in [0.29, 0.717) is 6.61 Å². The molecule has 3 nitrogen and oxygen atoms in total. The van der Waals surface area contributed by atoms with Gasteiger partial charge in [0.05, 0.1) is 13.2 Å². The molecule has 1 unspecified atom stereocenters. The summed E-state index contributed by atoms with van der Waals surface area (Å²) in [5, 5.41) is 9.73. The molecule has 1 atom stereocenters. The van der Waals surface area contributed by atoms with Crippen molar-refractivity contribution in [3.63, 3.8) is 0 Å². The average Bonchev–Trinajstić information content (AvgIpc) is 2.93. The first-order valence-corrected chi connectivity index (χ1v) is 7.28. The molecular formula is C16H25NO2. The SMILES string of the molecule is CCCCN(CC1(CO)CCOC1)c1ccccc1. The van der Waals surface area contributed by atoms with Crippen LogP contribution in [0, 0.1) is 5.41 Å². The molecule has 1 N–H and O–H groups in total. The molecule has 1 saturated heterocycles. The molecule has 0 radical (unpaired) electrons. The minimum atomic E-state index is -0.0798. The first-order chi connectivity index (χ1) is 9.29. The molecule has 1 heterocycles. The monoisotopic (exact) mass is 263 g/mol. The zero-order valence-electron chi connectivity index (χ0n) is 11.8. The number of benzene rings is 1. The third kappa shape index (κ3) is 3.71. The summed E-state index contributed by atoms with van der Waals surface area (Å²) in [6.07, 6.45) is 3.32. The van der Waals surface area contributed by atoms with Crippen LogP contribution in [0.1, 0.15) is 26.2 Å². The third-order valence-corrected chi connectivity index (χ3v) is 3.95. The Labute approximate surface area is 116 Å². The van der Waals surface area contributed by atoms with Gasteiger partial charge in [0.25, 0.3) is 0 Å². The number of hydrogen-bond donors (Lipinski definition) is 1. The smallest absolute Gasteiger partial charge is 0.0562 e. The van der Waals surface area contributed by atoms with Crippen LogP contribution < -0.4 is 4.90 Å². The largest absolute Gasteiger partial charge is 0.396 e. The lowest BCUT2D eigenvalue weighted by molar-refractivity contribution is 0.0977. The highest BCUT2D eigenvalue weighted by molar-refractivity contribution is 5.46. The van der Waals surface area contributed by atoms with Crippen molar-refractivity contribution in [2.24, 2.45) is 5.41 Å². The number of anilines is 1. The molecule has 19 heavy (non-hydrogen) atoms. The van der Waals surface area contributed by atoms with Crippen LogP contribution in [0.25, 0.3) is 0 Å². The van der Waals surface area contributed by atoms with Crippen LogP contribution in [0.2, 0.25) is 0 Å². The number of aliphatic hydroxyl groups is 1. The maximum atomic E-state index is 9.73. The second-order valence-electron chi connectivity index (χ2n) is 5.57. The summed E-state index contributed by atoms with van der Waals surface area (Å²) in [4.78, 5) is 2.40. The lowest BCUT2D eigenvalue weighted by Crippen LogP contribution is -2.41. The van der Waals surface area contributed by atoms with Crippen LogP contribution in [-0.2, 0) is 4.74 Å². The van der Waals surface area contributed by atoms with Gasteiger partial charge in [0.2, 0.25) is 0 Å². The van der Waals surface area contributed by atoms with Crippen molar-refractivity contribution in [1.29, 1.82) is 0 Å². The van der Waals surface area contributed by atoms with E-state index in [9.17, 15) is 5.11 Å². The van der Waals surface area contributed by atoms with Gasteiger partial charge in [-0.1, -0.05) is 31.5 Å². The fourth-order valence-electron chi connectivity index (χ4n) is 2.64. The fourth-order valence-corrected chi connectivity index (χ4v) is 2.64. The van der Waals surface area contributed by atoms with Gasteiger partial charge in [0.15, 0.2) is 0 Å². The molecule has 2 rings (SSSR count). The predicted octanol–water partition coefficient (Wildman–Crippen LogP) is 2.69. The normalized spacial score (nSPS) is 22.6. The molecule has 1 aliphatic rings. The molecule has 0 aromatic heterocycles. The van der Waals surface area contributed by atoms with E-state index in [1.54, 1.807) is 0 Å². The maximum Gasteiger partial charge on any atom is 0.0562 e. The van der Waals surface area contributed by atoms with Gasteiger partial charge in [-0.2, -0.15) is 0 Å². The van der Waals surface area contributed by atoms with Crippen molar-refractivity contribution < 1.29 is 9.84 Å². The summed E-state index contributed by atoms with van der Waals surface area (Å²) < 4.78 is 5.51. The number of ether oxygens (including phenoxy) is 1. The van der Waals surface area contributed by atoms with E-state index in [1.807, 2.05) is 6.07 Å². The Morgan fingerprint density at radius 2 is 2.11 bits per heavy atom. The van der Waals surface area contributed by atoms with Gasteiger partial charge >= 0.3 is 0 Å². The number of para-hydroxylation sites is 1. The molecule has 0 amide bonds. The summed E-state index contributed by atoms with van der Waals surface area (Å²) in [5.74, 6) is 0. The number of unbranched alkanes of at least 4 members (excludes halogenated alkanes) is 1. The number of rotatable bonds is 7. The lowest BCUT2D eigenvalue weighted by atomic mass is 9.87. The van der Waals surface area contributed by atoms with E-state index in [1.165, 1.54) is 18.5 Å². The van der Waals surface area contributed by atoms with Crippen LogP contribution in [0.4, 0.5) is 5.69 Å². The van der Waals surface area contributed by atoms with Crippen LogP contribution in [-0.4, -0.2) is 38.0 Å². The molecular weight excluding hydrogens is 238 g/mol. The van der Waals surface area contributed by atoms with Crippen molar-refractivity contribution in [3.8, 4) is 0 Å². The van der Waals surface area contributed by atoms with Gasteiger partial charge in [-0.15, -0.1) is 0 Å². The van der Waals surface area contributed by atoms with E-state index in [0.717, 1.165) is 26.1 Å². The Morgan fingerprint density at radius 3 is 2.68 bits per heavy atom. The van der Waals surface area contributed by atoms with E-state index < -0.39 is 0 Å². The molecule has 0 bridgehead atoms. The van der Waals surface area contributed by atoms with E-state index in [-0.39, 0.29) is 12.0 Å². The Bertz CT molecular complexity index is 360. The highest BCUT2D eigenvalue weighted by Crippen LogP contribution is 2.31. The quantitative estimate of drug-likeness (QED) is 0.821. The van der Waals surface area contributed by atoms with Gasteiger partial charge in [-0.25, -0.2) is 0 Å². The van der Waals surface area contributed by atoms with Crippen molar-refractivity contribution in [2.75, 3.05) is 37.8 Å². The summed E-state index contributed by atoms with van der Waals surface area (Å²) in [5.41, 5.74) is 1.17. The molecule has 0 saturated carbocycles. The second kappa shape index (κ2) is 6.92. The predicted molar refractivity (Wildman–Crippen MR) is 78.5 cm³/mol. The molecule has 1 aromatic rings. The fraction of sp³-hybridized carbons (Fsp3) is 0.625. The minimum Gasteiger partial charge on any atom is -0.396 e. The number of nitrogens with zero attached hydrogens (tertiary/aromatic N) is 1.